The van der Waals surface area contributed by atoms with Crippen LogP contribution < -0.4 is 20.5 Å². The molecule has 0 aliphatic carbocycles. The Labute approximate surface area is 320 Å². The molecule has 56 heavy (non-hydrogen) atoms. The third-order valence-electron chi connectivity index (χ3n) is 9.19. The molecule has 0 atom stereocenters. The summed E-state index contributed by atoms with van der Waals surface area (Å²) < 4.78 is 89.9. The fraction of sp³-hybridized carbons (Fsp3) is 0.474. The van der Waals surface area contributed by atoms with Crippen molar-refractivity contribution in [3.05, 3.63) is 70.7 Å². The smallest absolute Gasteiger partial charge is 0.313 e. The molecule has 0 spiro atoms. The molecule has 0 bridgehead atoms. The number of carbonyl (C=O) groups is 2. The fourth-order valence-electron chi connectivity index (χ4n) is 6.21. The molecule has 13 nitrogen and oxygen atoms in total. The first-order valence-electron chi connectivity index (χ1n) is 18.4. The monoisotopic (exact) mass is 791 g/mol. The summed E-state index contributed by atoms with van der Waals surface area (Å²) in [6.45, 7) is 6.76. The lowest BCUT2D eigenvalue weighted by molar-refractivity contribution is -0.137. The van der Waals surface area contributed by atoms with E-state index in [2.05, 4.69) is 48.5 Å². The van der Waals surface area contributed by atoms with E-state index in [0.29, 0.717) is 45.1 Å². The lowest BCUT2D eigenvalue weighted by atomic mass is 10.1. The van der Waals surface area contributed by atoms with Gasteiger partial charge in [0.15, 0.2) is 5.82 Å². The number of fused-ring (bicyclic) bond motifs is 1. The molecule has 0 unspecified atom stereocenters. The largest absolute Gasteiger partial charge is 0.496 e. The lowest BCUT2D eigenvalue weighted by Crippen LogP contribution is -2.48. The average molecular weight is 792 g/mol. The number of anilines is 2. The minimum Gasteiger partial charge on any atom is -0.496 e. The van der Waals surface area contributed by atoms with Gasteiger partial charge in [0.1, 0.15) is 11.3 Å². The predicted octanol–water partition coefficient (Wildman–Crippen LogP) is 5.43. The van der Waals surface area contributed by atoms with E-state index in [1.807, 2.05) is 18.3 Å². The number of hydrogen-bond acceptors (Lipinski definition) is 11. The van der Waals surface area contributed by atoms with Crippen LogP contribution in [0.25, 0.3) is 11.0 Å². The number of aromatic nitrogens is 3. The molecule has 2 aromatic heterocycles. The van der Waals surface area contributed by atoms with Crippen molar-refractivity contribution in [1.29, 1.82) is 0 Å². The van der Waals surface area contributed by atoms with Crippen molar-refractivity contribution in [3.8, 4) is 11.5 Å². The van der Waals surface area contributed by atoms with E-state index >= 15 is 0 Å². The van der Waals surface area contributed by atoms with Gasteiger partial charge >= 0.3 is 5.97 Å². The summed E-state index contributed by atoms with van der Waals surface area (Å²) in [6.07, 6.45) is 4.91. The van der Waals surface area contributed by atoms with Gasteiger partial charge in [-0.25, -0.2) is 18.2 Å². The van der Waals surface area contributed by atoms with Gasteiger partial charge in [0.05, 0.1) is 58.4 Å². The number of amides is 1. The van der Waals surface area contributed by atoms with Crippen LogP contribution in [0.5, 0.6) is 11.5 Å². The standard InChI is InChI=1S/C38H46F5N7O6/c1-3-4-5-11-45-37-35-26(46-38(44)47-37)8-12-50(35)23-25-7-6-24(21-27(25)53-2)22-48-13-15-49(16-14-48)28(51)9-17-54-19-20-55-18-10-29(52)56-36-33(42)31(40)30(39)32(41)34(36)43/h6-8,12,21H,3-5,9-11,13-20,22-23H2,1-2H3,(H3,44,45,46,47). The van der Waals surface area contributed by atoms with Gasteiger partial charge in [-0.15, -0.1) is 0 Å². The highest BCUT2D eigenvalue weighted by Gasteiger charge is 2.28. The van der Waals surface area contributed by atoms with E-state index < -0.39 is 47.2 Å². The fourth-order valence-corrected chi connectivity index (χ4v) is 6.21. The van der Waals surface area contributed by atoms with Crippen molar-refractivity contribution in [1.82, 2.24) is 24.3 Å². The van der Waals surface area contributed by atoms with Gasteiger partial charge in [-0.05, 0) is 24.1 Å². The van der Waals surface area contributed by atoms with Crippen LogP contribution in [0, 0.1) is 29.1 Å². The number of nitrogens with two attached hydrogens (primary N) is 1. The molecule has 1 aliphatic heterocycles. The molecule has 18 heteroatoms. The molecule has 1 amide bonds. The molecule has 1 aliphatic rings. The van der Waals surface area contributed by atoms with Crippen molar-refractivity contribution in [2.75, 3.05) is 77.3 Å². The molecule has 1 fully saturated rings. The Morgan fingerprint density at radius 2 is 1.52 bits per heavy atom. The zero-order valence-corrected chi connectivity index (χ0v) is 31.4. The second-order valence-corrected chi connectivity index (χ2v) is 13.1. The topological polar surface area (TPSA) is 146 Å². The zero-order valence-electron chi connectivity index (χ0n) is 31.4. The average Bonchev–Trinajstić information content (AvgIpc) is 3.60. The highest BCUT2D eigenvalue weighted by Crippen LogP contribution is 2.30. The molecule has 1 saturated heterocycles. The van der Waals surface area contributed by atoms with E-state index in [0.717, 1.165) is 53.7 Å². The first-order valence-corrected chi connectivity index (χ1v) is 18.4. The number of ether oxygens (including phenoxy) is 4. The van der Waals surface area contributed by atoms with Crippen molar-refractivity contribution in [2.45, 2.75) is 52.1 Å². The second kappa shape index (κ2) is 20.2. The summed E-state index contributed by atoms with van der Waals surface area (Å²) >= 11 is 0. The van der Waals surface area contributed by atoms with Crippen LogP contribution in [-0.2, 0) is 32.2 Å². The summed E-state index contributed by atoms with van der Waals surface area (Å²) in [5.74, 6) is -12.5. The van der Waals surface area contributed by atoms with Crippen molar-refractivity contribution in [3.63, 3.8) is 0 Å². The molecule has 3 N–H and O–H groups in total. The quantitative estimate of drug-likeness (QED) is 0.0295. The number of piperazine rings is 1. The summed E-state index contributed by atoms with van der Waals surface area (Å²) in [4.78, 5) is 37.5. The summed E-state index contributed by atoms with van der Waals surface area (Å²) in [5, 5.41) is 3.43. The number of carbonyl (C=O) groups excluding carboxylic acids is 2. The number of hydrogen-bond donors (Lipinski definition) is 2. The van der Waals surface area contributed by atoms with E-state index in [4.69, 9.17) is 19.9 Å². The Morgan fingerprint density at radius 3 is 2.20 bits per heavy atom. The SMILES string of the molecule is CCCCCNc1nc(N)nc2ccn(Cc3ccc(CN4CCN(C(=O)CCOCCOCCC(=O)Oc5c(F)c(F)c(F)c(F)c5F)CC4)cc3OC)c12. The molecule has 5 rings (SSSR count). The van der Waals surface area contributed by atoms with Gasteiger partial charge in [-0.2, -0.15) is 13.8 Å². The van der Waals surface area contributed by atoms with Crippen LogP contribution in [0.4, 0.5) is 33.7 Å². The van der Waals surface area contributed by atoms with Crippen molar-refractivity contribution < 1.29 is 50.5 Å². The van der Waals surface area contributed by atoms with Crippen LogP contribution in [0.2, 0.25) is 0 Å². The highest BCUT2D eigenvalue weighted by molar-refractivity contribution is 5.87. The van der Waals surface area contributed by atoms with Crippen molar-refractivity contribution in [2.24, 2.45) is 0 Å². The van der Waals surface area contributed by atoms with Gasteiger partial charge in [0.25, 0.3) is 0 Å². The molecule has 304 valence electrons. The van der Waals surface area contributed by atoms with Gasteiger partial charge in [0.2, 0.25) is 46.7 Å². The Hall–Kier alpha value is -5.07. The number of nitrogen functional groups attached to an aromatic ring is 1. The van der Waals surface area contributed by atoms with E-state index in [9.17, 15) is 31.5 Å². The number of esters is 1. The van der Waals surface area contributed by atoms with Gasteiger partial charge in [-0.1, -0.05) is 31.9 Å². The highest BCUT2D eigenvalue weighted by atomic mass is 19.2. The third-order valence-corrected chi connectivity index (χ3v) is 9.19. The minimum atomic E-state index is -2.36. The van der Waals surface area contributed by atoms with E-state index in [1.54, 1.807) is 12.0 Å². The first-order chi connectivity index (χ1) is 27.0. The Balaban J connectivity index is 0.993. The number of unbranched alkanes of at least 4 members (excludes halogenated alkanes) is 2. The van der Waals surface area contributed by atoms with Gasteiger partial charge in [0, 0.05) is 51.0 Å². The third kappa shape index (κ3) is 10.8. The summed E-state index contributed by atoms with van der Waals surface area (Å²) in [5.41, 5.74) is 9.73. The second-order valence-electron chi connectivity index (χ2n) is 13.1. The Kier molecular flexibility index (Phi) is 15.2. The molecule has 3 heterocycles. The van der Waals surface area contributed by atoms with Crippen LogP contribution in [-0.4, -0.2) is 102 Å². The number of nitrogens with zero attached hydrogens (tertiary/aromatic N) is 5. The molecular weight excluding hydrogens is 745 g/mol. The maximum Gasteiger partial charge on any atom is 0.313 e. The molecular formula is C38H46F5N7O6. The summed E-state index contributed by atoms with van der Waals surface area (Å²) in [7, 11) is 1.66. The van der Waals surface area contributed by atoms with Crippen LogP contribution in [0.15, 0.2) is 30.5 Å². The van der Waals surface area contributed by atoms with Crippen LogP contribution in [0.1, 0.15) is 50.2 Å². The zero-order chi connectivity index (χ0) is 40.2. The van der Waals surface area contributed by atoms with Crippen molar-refractivity contribution >= 4 is 34.7 Å². The van der Waals surface area contributed by atoms with E-state index in [1.165, 1.54) is 0 Å². The van der Waals surface area contributed by atoms with Crippen LogP contribution >= 0.6 is 0 Å². The predicted molar refractivity (Wildman–Crippen MR) is 197 cm³/mol. The Morgan fingerprint density at radius 1 is 0.839 bits per heavy atom. The number of methoxy groups -OCH3 is 1. The molecule has 0 radical (unpaired) electrons. The normalized spacial score (nSPS) is 13.4. The number of rotatable bonds is 20. The maximum atomic E-state index is 13.7. The number of halogens is 5. The van der Waals surface area contributed by atoms with Crippen LogP contribution in [0.3, 0.4) is 0 Å². The van der Waals surface area contributed by atoms with Gasteiger partial charge in [-0.3, -0.25) is 14.5 Å². The first kappa shape index (κ1) is 42.1. The Bertz CT molecular complexity index is 1950. The maximum absolute atomic E-state index is 13.7. The number of nitrogens with one attached hydrogen (secondary N) is 1. The summed E-state index contributed by atoms with van der Waals surface area (Å²) in [6, 6.07) is 8.14. The molecule has 0 saturated carbocycles. The van der Waals surface area contributed by atoms with E-state index in [-0.39, 0.29) is 44.7 Å². The minimum absolute atomic E-state index is 0.0276. The number of benzene rings is 2. The molecule has 2 aromatic carbocycles. The molecule has 4 aromatic rings. The van der Waals surface area contributed by atoms with Gasteiger partial charge < -0.3 is 39.5 Å². The lowest BCUT2D eigenvalue weighted by Gasteiger charge is -2.35.